The van der Waals surface area contributed by atoms with E-state index in [1.165, 1.54) is 25.9 Å². The Kier molecular flexibility index (Phi) is 6.33. The van der Waals surface area contributed by atoms with Gasteiger partial charge in [0.2, 0.25) is 0 Å². The molecule has 2 rings (SSSR count). The van der Waals surface area contributed by atoms with Crippen LogP contribution in [0.5, 0.6) is 0 Å². The Morgan fingerprint density at radius 1 is 1.29 bits per heavy atom. The molecule has 4 heteroatoms. The molecule has 1 saturated heterocycles. The zero-order valence-electron chi connectivity index (χ0n) is 13.6. The summed E-state index contributed by atoms with van der Waals surface area (Å²) >= 11 is 3.67. The molecule has 0 saturated carbocycles. The van der Waals surface area contributed by atoms with Crippen LogP contribution in [0.3, 0.4) is 0 Å². The summed E-state index contributed by atoms with van der Waals surface area (Å²) in [4.78, 5) is 2.69. The Hall–Kier alpha value is -0.320. The van der Waals surface area contributed by atoms with Gasteiger partial charge in [-0.15, -0.1) is 0 Å². The van der Waals surface area contributed by atoms with Crippen LogP contribution in [-0.2, 0) is 0 Å². The number of likely N-dealkylation sites (tertiary alicyclic amines) is 1. The molecule has 1 aliphatic rings. The van der Waals surface area contributed by atoms with Crippen LogP contribution >= 0.6 is 15.9 Å². The third kappa shape index (κ3) is 3.38. The third-order valence-corrected chi connectivity index (χ3v) is 5.66. The Morgan fingerprint density at radius 2 is 1.95 bits per heavy atom. The highest BCUT2D eigenvalue weighted by Gasteiger charge is 2.44. The molecular formula is C17H29BrN2O. The van der Waals surface area contributed by atoms with Crippen LogP contribution in [0.1, 0.15) is 64.7 Å². The van der Waals surface area contributed by atoms with Crippen molar-refractivity contribution in [3.05, 3.63) is 22.6 Å². The van der Waals surface area contributed by atoms with E-state index in [2.05, 4.69) is 46.9 Å². The first-order valence-corrected chi connectivity index (χ1v) is 9.20. The van der Waals surface area contributed by atoms with Gasteiger partial charge in [0.15, 0.2) is 0 Å². The molecule has 0 radical (unpaired) electrons. The quantitative estimate of drug-likeness (QED) is 0.729. The molecule has 1 fully saturated rings. The highest BCUT2D eigenvalue weighted by molar-refractivity contribution is 9.10. The van der Waals surface area contributed by atoms with Crippen LogP contribution in [0.4, 0.5) is 0 Å². The van der Waals surface area contributed by atoms with Crippen molar-refractivity contribution in [2.75, 3.05) is 19.6 Å². The number of nitrogens with zero attached hydrogens (tertiary/aromatic N) is 1. The number of hydrogen-bond donors (Lipinski definition) is 1. The van der Waals surface area contributed by atoms with Crippen LogP contribution in [0, 0.1) is 0 Å². The second-order valence-corrected chi connectivity index (χ2v) is 6.88. The van der Waals surface area contributed by atoms with Gasteiger partial charge in [0.05, 0.1) is 16.8 Å². The van der Waals surface area contributed by atoms with Crippen molar-refractivity contribution < 1.29 is 4.42 Å². The number of rotatable bonds is 8. The van der Waals surface area contributed by atoms with Crippen LogP contribution in [0.25, 0.3) is 0 Å². The Bertz CT molecular complexity index is 422. The molecule has 0 bridgehead atoms. The monoisotopic (exact) mass is 356 g/mol. The van der Waals surface area contributed by atoms with Gasteiger partial charge in [-0.2, -0.15) is 0 Å². The minimum absolute atomic E-state index is 0.145. The van der Waals surface area contributed by atoms with Gasteiger partial charge in [0.1, 0.15) is 5.76 Å². The van der Waals surface area contributed by atoms with Crippen molar-refractivity contribution in [1.29, 1.82) is 0 Å². The van der Waals surface area contributed by atoms with E-state index in [9.17, 15) is 0 Å². The van der Waals surface area contributed by atoms with E-state index in [0.29, 0.717) is 0 Å². The molecule has 1 unspecified atom stereocenters. The predicted octanol–water partition coefficient (Wildman–Crippen LogP) is 4.74. The standard InChI is InChI=1S/C17H29BrN2O/c1-4-10-19-16(15-14(18)9-13-21-15)17(5-2,6-3)20-11-7-8-12-20/h9,13,16,19H,4-8,10-12H2,1-3H3. The molecule has 1 aliphatic heterocycles. The molecule has 1 aromatic rings. The molecule has 0 aromatic carbocycles. The summed E-state index contributed by atoms with van der Waals surface area (Å²) in [7, 11) is 0. The normalized spacial score (nSPS) is 18.3. The highest BCUT2D eigenvalue weighted by atomic mass is 79.9. The van der Waals surface area contributed by atoms with Crippen molar-refractivity contribution in [1.82, 2.24) is 10.2 Å². The highest BCUT2D eigenvalue weighted by Crippen LogP contribution is 2.41. The van der Waals surface area contributed by atoms with Gasteiger partial charge in [-0.05, 0) is 73.7 Å². The van der Waals surface area contributed by atoms with Crippen molar-refractivity contribution in [2.24, 2.45) is 0 Å². The summed E-state index contributed by atoms with van der Waals surface area (Å²) in [6.45, 7) is 10.3. The number of halogens is 1. The Labute approximate surface area is 137 Å². The predicted molar refractivity (Wildman–Crippen MR) is 91.6 cm³/mol. The first-order valence-electron chi connectivity index (χ1n) is 8.40. The first-order chi connectivity index (χ1) is 10.2. The van der Waals surface area contributed by atoms with Crippen molar-refractivity contribution in [3.8, 4) is 0 Å². The molecule has 0 aliphatic carbocycles. The zero-order valence-corrected chi connectivity index (χ0v) is 15.2. The van der Waals surface area contributed by atoms with Gasteiger partial charge in [-0.3, -0.25) is 4.90 Å². The molecular weight excluding hydrogens is 328 g/mol. The van der Waals surface area contributed by atoms with E-state index >= 15 is 0 Å². The maximum absolute atomic E-state index is 5.86. The summed E-state index contributed by atoms with van der Waals surface area (Å²) in [6.07, 6.45) is 7.84. The first kappa shape index (κ1) is 17.0. The van der Waals surface area contributed by atoms with Crippen LogP contribution < -0.4 is 5.32 Å². The van der Waals surface area contributed by atoms with Gasteiger partial charge in [0, 0.05) is 5.54 Å². The van der Waals surface area contributed by atoms with Gasteiger partial charge in [-0.25, -0.2) is 0 Å². The van der Waals surface area contributed by atoms with Crippen LogP contribution in [0.15, 0.2) is 21.2 Å². The third-order valence-electron chi connectivity index (χ3n) is 5.00. The van der Waals surface area contributed by atoms with E-state index < -0.39 is 0 Å². The largest absolute Gasteiger partial charge is 0.466 e. The van der Waals surface area contributed by atoms with Crippen molar-refractivity contribution in [2.45, 2.75) is 64.5 Å². The fourth-order valence-electron chi connectivity index (χ4n) is 3.78. The smallest absolute Gasteiger partial charge is 0.136 e. The van der Waals surface area contributed by atoms with E-state index in [0.717, 1.165) is 36.0 Å². The van der Waals surface area contributed by atoms with Gasteiger partial charge >= 0.3 is 0 Å². The fraction of sp³-hybridized carbons (Fsp3) is 0.765. The second kappa shape index (κ2) is 7.80. The second-order valence-electron chi connectivity index (χ2n) is 6.02. The van der Waals surface area contributed by atoms with Gasteiger partial charge in [-0.1, -0.05) is 20.8 Å². The molecule has 0 spiro atoms. The number of furan rings is 1. The summed E-state index contributed by atoms with van der Waals surface area (Å²) in [5.41, 5.74) is 0.145. The summed E-state index contributed by atoms with van der Waals surface area (Å²) in [5.74, 6) is 1.05. The molecule has 1 aromatic heterocycles. The number of hydrogen-bond acceptors (Lipinski definition) is 3. The Morgan fingerprint density at radius 3 is 2.43 bits per heavy atom. The average molecular weight is 357 g/mol. The van der Waals surface area contributed by atoms with Gasteiger partial charge < -0.3 is 9.73 Å². The lowest BCUT2D eigenvalue weighted by Gasteiger charge is -2.46. The topological polar surface area (TPSA) is 28.4 Å². The minimum Gasteiger partial charge on any atom is -0.466 e. The zero-order chi connectivity index (χ0) is 15.3. The maximum atomic E-state index is 5.86. The lowest BCUT2D eigenvalue weighted by atomic mass is 9.81. The van der Waals surface area contributed by atoms with E-state index in [1.807, 2.05) is 6.07 Å². The molecule has 0 amide bonds. The molecule has 21 heavy (non-hydrogen) atoms. The van der Waals surface area contributed by atoms with Crippen LogP contribution in [0.2, 0.25) is 0 Å². The molecule has 2 heterocycles. The number of nitrogens with one attached hydrogen (secondary N) is 1. The minimum atomic E-state index is 0.145. The SMILES string of the molecule is CCCNC(c1occc1Br)C(CC)(CC)N1CCCC1. The van der Waals surface area contributed by atoms with Crippen molar-refractivity contribution >= 4 is 15.9 Å². The summed E-state index contributed by atoms with van der Waals surface area (Å²) in [5, 5.41) is 3.77. The van der Waals surface area contributed by atoms with Gasteiger partial charge in [0.25, 0.3) is 0 Å². The molecule has 3 nitrogen and oxygen atoms in total. The van der Waals surface area contributed by atoms with E-state index in [1.54, 1.807) is 6.26 Å². The lowest BCUT2D eigenvalue weighted by Crippen LogP contribution is -2.55. The molecule has 1 atom stereocenters. The summed E-state index contributed by atoms with van der Waals surface area (Å²) < 4.78 is 6.94. The van der Waals surface area contributed by atoms with Crippen molar-refractivity contribution in [3.63, 3.8) is 0 Å². The lowest BCUT2D eigenvalue weighted by molar-refractivity contribution is 0.0527. The van der Waals surface area contributed by atoms with E-state index in [4.69, 9.17) is 4.42 Å². The maximum Gasteiger partial charge on any atom is 0.136 e. The molecule has 120 valence electrons. The average Bonchev–Trinajstić information content (AvgIpc) is 3.16. The van der Waals surface area contributed by atoms with E-state index in [-0.39, 0.29) is 11.6 Å². The molecule has 1 N–H and O–H groups in total. The summed E-state index contributed by atoms with van der Waals surface area (Å²) in [6, 6.07) is 2.26. The van der Waals surface area contributed by atoms with Crippen LogP contribution in [-0.4, -0.2) is 30.1 Å². The fourth-order valence-corrected chi connectivity index (χ4v) is 4.21. The Balaban J connectivity index is 2.36.